The maximum absolute atomic E-state index is 13.1. The van der Waals surface area contributed by atoms with Gasteiger partial charge in [0, 0.05) is 49.8 Å². The standard InChI is InChI=1S/C25H31N3O3S/c1-3-31-16-6-13-26-24(29)19-11-14-27(15-12-19)25(30)22-9-10-23(32-22)28-18(2)17-20-7-4-5-8-21(20)28/h4-5,7-10,17,19H,3,6,11-16H2,1-2H3,(H,26,29). The molecule has 3 aromatic rings. The van der Waals surface area contributed by atoms with Crippen LogP contribution < -0.4 is 5.32 Å². The van der Waals surface area contributed by atoms with Crippen molar-refractivity contribution in [3.05, 3.63) is 53.0 Å². The van der Waals surface area contributed by atoms with E-state index in [1.165, 1.54) is 16.7 Å². The van der Waals surface area contributed by atoms with Gasteiger partial charge in [0.2, 0.25) is 5.91 Å². The summed E-state index contributed by atoms with van der Waals surface area (Å²) >= 11 is 1.53. The highest BCUT2D eigenvalue weighted by atomic mass is 32.1. The molecule has 3 heterocycles. The molecule has 0 radical (unpaired) electrons. The van der Waals surface area contributed by atoms with E-state index in [1.54, 1.807) is 0 Å². The minimum atomic E-state index is -0.0149. The van der Waals surface area contributed by atoms with Gasteiger partial charge in [0.15, 0.2) is 0 Å². The summed E-state index contributed by atoms with van der Waals surface area (Å²) in [5, 5.41) is 5.25. The number of ether oxygens (including phenoxy) is 1. The summed E-state index contributed by atoms with van der Waals surface area (Å²) < 4.78 is 7.51. The fraction of sp³-hybridized carbons (Fsp3) is 0.440. The van der Waals surface area contributed by atoms with Crippen LogP contribution in [0, 0.1) is 12.8 Å². The topological polar surface area (TPSA) is 63.6 Å². The molecule has 1 aliphatic heterocycles. The number of aryl methyl sites for hydroxylation is 1. The minimum Gasteiger partial charge on any atom is -0.382 e. The van der Waals surface area contributed by atoms with Gasteiger partial charge in [0.1, 0.15) is 5.00 Å². The highest BCUT2D eigenvalue weighted by Crippen LogP contribution is 2.30. The molecule has 0 bridgehead atoms. The molecule has 1 aliphatic rings. The molecule has 1 N–H and O–H groups in total. The van der Waals surface area contributed by atoms with Crippen molar-refractivity contribution >= 4 is 34.1 Å². The van der Waals surface area contributed by atoms with Gasteiger partial charge in [0.05, 0.1) is 10.4 Å². The molecular weight excluding hydrogens is 422 g/mol. The molecule has 0 saturated carbocycles. The largest absolute Gasteiger partial charge is 0.382 e. The van der Waals surface area contributed by atoms with Gasteiger partial charge in [-0.1, -0.05) is 18.2 Å². The molecular formula is C25H31N3O3S. The Balaban J connectivity index is 1.34. The van der Waals surface area contributed by atoms with Crippen molar-refractivity contribution in [3.8, 4) is 5.00 Å². The van der Waals surface area contributed by atoms with E-state index >= 15 is 0 Å². The Labute approximate surface area is 193 Å². The van der Waals surface area contributed by atoms with E-state index in [4.69, 9.17) is 4.74 Å². The summed E-state index contributed by atoms with van der Waals surface area (Å²) in [7, 11) is 0. The smallest absolute Gasteiger partial charge is 0.263 e. The van der Waals surface area contributed by atoms with Crippen molar-refractivity contribution in [1.82, 2.24) is 14.8 Å². The Morgan fingerprint density at radius 2 is 1.94 bits per heavy atom. The monoisotopic (exact) mass is 453 g/mol. The second kappa shape index (κ2) is 10.3. The first-order valence-corrected chi connectivity index (χ1v) is 12.2. The molecule has 2 amide bonds. The fourth-order valence-corrected chi connectivity index (χ4v) is 5.37. The van der Waals surface area contributed by atoms with Crippen molar-refractivity contribution in [2.24, 2.45) is 5.92 Å². The van der Waals surface area contributed by atoms with Gasteiger partial charge >= 0.3 is 0 Å². The SMILES string of the molecule is CCOCCCNC(=O)C1CCN(C(=O)c2ccc(-n3c(C)cc4ccccc43)s2)CC1. The zero-order valence-electron chi connectivity index (χ0n) is 18.8. The highest BCUT2D eigenvalue weighted by molar-refractivity contribution is 7.16. The number of amides is 2. The van der Waals surface area contributed by atoms with Crippen LogP contribution in [-0.2, 0) is 9.53 Å². The number of nitrogens with zero attached hydrogens (tertiary/aromatic N) is 2. The number of para-hydroxylation sites is 1. The van der Waals surface area contributed by atoms with E-state index in [0.717, 1.165) is 27.5 Å². The molecule has 0 spiro atoms. The minimum absolute atomic E-state index is 0.0149. The lowest BCUT2D eigenvalue weighted by atomic mass is 9.95. The molecule has 0 atom stereocenters. The first-order valence-electron chi connectivity index (χ1n) is 11.4. The molecule has 1 saturated heterocycles. The van der Waals surface area contributed by atoms with Crippen LogP contribution in [0.5, 0.6) is 0 Å². The lowest BCUT2D eigenvalue weighted by molar-refractivity contribution is -0.126. The number of rotatable bonds is 8. The number of fused-ring (bicyclic) bond motifs is 1. The Hall–Kier alpha value is -2.64. The summed E-state index contributed by atoms with van der Waals surface area (Å²) in [4.78, 5) is 28.1. The van der Waals surface area contributed by atoms with E-state index in [0.29, 0.717) is 45.7 Å². The maximum Gasteiger partial charge on any atom is 0.263 e. The third-order valence-corrected chi connectivity index (χ3v) is 7.10. The van der Waals surface area contributed by atoms with Crippen LogP contribution in [0.4, 0.5) is 0 Å². The summed E-state index contributed by atoms with van der Waals surface area (Å²) in [6, 6.07) is 14.4. The molecule has 1 fully saturated rings. The summed E-state index contributed by atoms with van der Waals surface area (Å²) in [6.07, 6.45) is 2.25. The summed E-state index contributed by atoms with van der Waals surface area (Å²) in [6.45, 7) is 7.31. The number of thiophene rings is 1. The molecule has 0 aliphatic carbocycles. The van der Waals surface area contributed by atoms with Crippen molar-refractivity contribution in [3.63, 3.8) is 0 Å². The molecule has 6 nitrogen and oxygen atoms in total. The van der Waals surface area contributed by atoms with Gasteiger partial charge in [-0.05, 0) is 57.4 Å². The molecule has 2 aromatic heterocycles. The van der Waals surface area contributed by atoms with E-state index in [2.05, 4.69) is 35.0 Å². The number of aromatic nitrogens is 1. The van der Waals surface area contributed by atoms with Gasteiger partial charge in [-0.25, -0.2) is 0 Å². The quantitative estimate of drug-likeness (QED) is 0.515. The van der Waals surface area contributed by atoms with E-state index < -0.39 is 0 Å². The molecule has 7 heteroatoms. The third-order valence-electron chi connectivity index (χ3n) is 6.04. The van der Waals surface area contributed by atoms with Crippen LogP contribution in [0.2, 0.25) is 0 Å². The van der Waals surface area contributed by atoms with Crippen LogP contribution in [0.3, 0.4) is 0 Å². The number of carbonyl (C=O) groups excluding carboxylic acids is 2. The van der Waals surface area contributed by atoms with E-state index in [1.807, 2.05) is 36.1 Å². The van der Waals surface area contributed by atoms with Gasteiger partial charge < -0.3 is 19.5 Å². The Kier molecular flexibility index (Phi) is 7.27. The van der Waals surface area contributed by atoms with Crippen molar-refractivity contribution in [1.29, 1.82) is 0 Å². The molecule has 4 rings (SSSR count). The number of piperidine rings is 1. The first-order chi connectivity index (χ1) is 15.6. The third kappa shape index (κ3) is 4.89. The zero-order chi connectivity index (χ0) is 22.5. The van der Waals surface area contributed by atoms with Crippen molar-refractivity contribution < 1.29 is 14.3 Å². The van der Waals surface area contributed by atoms with Gasteiger partial charge in [-0.2, -0.15) is 0 Å². The number of carbonyl (C=O) groups is 2. The van der Waals surface area contributed by atoms with E-state index in [9.17, 15) is 9.59 Å². The first kappa shape index (κ1) is 22.6. The van der Waals surface area contributed by atoms with Crippen LogP contribution in [0.25, 0.3) is 15.9 Å². The number of hydrogen-bond donors (Lipinski definition) is 1. The number of benzene rings is 1. The average molecular weight is 454 g/mol. The van der Waals surface area contributed by atoms with Gasteiger partial charge in [0.25, 0.3) is 5.91 Å². The van der Waals surface area contributed by atoms with Crippen LogP contribution >= 0.6 is 11.3 Å². The zero-order valence-corrected chi connectivity index (χ0v) is 19.6. The second-order valence-electron chi connectivity index (χ2n) is 8.23. The maximum atomic E-state index is 13.1. The number of nitrogens with one attached hydrogen (secondary N) is 1. The second-order valence-corrected chi connectivity index (χ2v) is 9.29. The summed E-state index contributed by atoms with van der Waals surface area (Å²) in [5.41, 5.74) is 2.30. The number of hydrogen-bond acceptors (Lipinski definition) is 4. The summed E-state index contributed by atoms with van der Waals surface area (Å²) in [5.74, 6) is 0.145. The van der Waals surface area contributed by atoms with Crippen molar-refractivity contribution in [2.45, 2.75) is 33.1 Å². The number of likely N-dealkylation sites (tertiary alicyclic amines) is 1. The molecule has 1 aromatic carbocycles. The normalized spacial score (nSPS) is 14.8. The van der Waals surface area contributed by atoms with Crippen LogP contribution in [0.1, 0.15) is 41.6 Å². The molecule has 170 valence electrons. The lowest BCUT2D eigenvalue weighted by Gasteiger charge is -2.31. The lowest BCUT2D eigenvalue weighted by Crippen LogP contribution is -2.43. The highest BCUT2D eigenvalue weighted by Gasteiger charge is 2.28. The Bertz CT molecular complexity index is 1080. The molecule has 32 heavy (non-hydrogen) atoms. The average Bonchev–Trinajstić information content (AvgIpc) is 3.42. The fourth-order valence-electron chi connectivity index (χ4n) is 4.32. The Morgan fingerprint density at radius 1 is 1.16 bits per heavy atom. The van der Waals surface area contributed by atoms with Crippen LogP contribution in [-0.4, -0.2) is 54.1 Å². The van der Waals surface area contributed by atoms with Crippen LogP contribution in [0.15, 0.2) is 42.5 Å². The molecule has 0 unspecified atom stereocenters. The van der Waals surface area contributed by atoms with Gasteiger partial charge in [-0.15, -0.1) is 11.3 Å². The van der Waals surface area contributed by atoms with Gasteiger partial charge in [-0.3, -0.25) is 9.59 Å². The Morgan fingerprint density at radius 3 is 2.72 bits per heavy atom. The van der Waals surface area contributed by atoms with Crippen molar-refractivity contribution in [2.75, 3.05) is 32.8 Å². The predicted octanol–water partition coefficient (Wildman–Crippen LogP) is 4.40. The predicted molar refractivity (Wildman–Crippen MR) is 129 cm³/mol. The van der Waals surface area contributed by atoms with E-state index in [-0.39, 0.29) is 17.7 Å².